The highest BCUT2D eigenvalue weighted by Gasteiger charge is 2.20. The van der Waals surface area contributed by atoms with Crippen molar-refractivity contribution >= 4 is 22.9 Å². The minimum absolute atomic E-state index is 0.240. The molecule has 1 aliphatic heterocycles. The smallest absolute Gasteiger partial charge is 0.330 e. The number of pyridine rings is 1. The molecule has 0 aliphatic carbocycles. The first-order valence-corrected chi connectivity index (χ1v) is 12.2. The molecule has 2 N–H and O–H groups in total. The average molecular weight is 484 g/mol. The van der Waals surface area contributed by atoms with E-state index in [1.165, 1.54) is 0 Å². The third-order valence-electron chi connectivity index (χ3n) is 6.16. The van der Waals surface area contributed by atoms with Crippen molar-refractivity contribution in [3.05, 3.63) is 39.2 Å². The molecule has 1 fully saturated rings. The molecule has 1 saturated heterocycles. The van der Waals surface area contributed by atoms with Crippen molar-refractivity contribution in [2.45, 2.75) is 52.1 Å². The van der Waals surface area contributed by atoms with Crippen molar-refractivity contribution in [3.8, 4) is 11.4 Å². The average Bonchev–Trinajstić information content (AvgIpc) is 3.43. The molecule has 0 unspecified atom stereocenters. The van der Waals surface area contributed by atoms with Gasteiger partial charge in [0.25, 0.3) is 5.56 Å². The quantitative estimate of drug-likeness (QED) is 0.376. The number of carbonyl (C=O) groups is 1. The van der Waals surface area contributed by atoms with E-state index in [4.69, 9.17) is 4.74 Å². The Morgan fingerprint density at radius 1 is 1.11 bits per heavy atom. The summed E-state index contributed by atoms with van der Waals surface area (Å²) in [4.78, 5) is 50.3. The molecule has 1 amide bonds. The molecule has 188 valence electrons. The fourth-order valence-electron chi connectivity index (χ4n) is 4.48. The Bertz CT molecular complexity index is 1280. The lowest BCUT2D eigenvalue weighted by Crippen LogP contribution is -2.31. The highest BCUT2D eigenvalue weighted by atomic mass is 16.5. The summed E-state index contributed by atoms with van der Waals surface area (Å²) in [6.07, 6.45) is 5.63. The molecular formula is C24H33N7O4. The monoisotopic (exact) mass is 483 g/mol. The molecule has 0 radical (unpaired) electrons. The molecule has 11 nitrogen and oxygen atoms in total. The van der Waals surface area contributed by atoms with Crippen LogP contribution < -0.4 is 16.6 Å². The van der Waals surface area contributed by atoms with Crippen LogP contribution in [0.25, 0.3) is 22.6 Å². The fraction of sp³-hybridized carbons (Fsp3) is 0.542. The van der Waals surface area contributed by atoms with E-state index in [9.17, 15) is 14.4 Å². The van der Waals surface area contributed by atoms with Crippen LogP contribution in [0.2, 0.25) is 0 Å². The molecule has 35 heavy (non-hydrogen) atoms. The molecule has 0 bridgehead atoms. The molecule has 11 heteroatoms. The summed E-state index contributed by atoms with van der Waals surface area (Å²) in [7, 11) is 1.62. The number of aromatic amines is 1. The SMILES string of the molecule is CCCn1c(-c2ccc(NCCCN3CCCC3=O)nc2)nc2c(=O)[nH]c(=O)n(CCCOC)c21. The third kappa shape index (κ3) is 5.45. The summed E-state index contributed by atoms with van der Waals surface area (Å²) < 4.78 is 8.62. The van der Waals surface area contributed by atoms with Gasteiger partial charge in [0, 0.05) is 64.6 Å². The summed E-state index contributed by atoms with van der Waals surface area (Å²) in [6.45, 7) is 5.89. The zero-order valence-electron chi connectivity index (χ0n) is 20.4. The summed E-state index contributed by atoms with van der Waals surface area (Å²) in [5.41, 5.74) is 0.579. The highest BCUT2D eigenvalue weighted by Crippen LogP contribution is 2.24. The Labute approximate surface area is 203 Å². The summed E-state index contributed by atoms with van der Waals surface area (Å²) in [5.74, 6) is 1.57. The number of hydrogen-bond donors (Lipinski definition) is 2. The Balaban J connectivity index is 1.55. The number of likely N-dealkylation sites (tertiary alicyclic amines) is 1. The van der Waals surface area contributed by atoms with Gasteiger partial charge in [-0.25, -0.2) is 14.8 Å². The van der Waals surface area contributed by atoms with Crippen LogP contribution in [-0.4, -0.2) is 68.2 Å². The highest BCUT2D eigenvalue weighted by molar-refractivity contribution is 5.78. The number of hydrogen-bond acceptors (Lipinski definition) is 7. The van der Waals surface area contributed by atoms with E-state index in [-0.39, 0.29) is 11.4 Å². The lowest BCUT2D eigenvalue weighted by atomic mass is 10.2. The largest absolute Gasteiger partial charge is 0.385 e. The van der Waals surface area contributed by atoms with Crippen molar-refractivity contribution in [1.29, 1.82) is 0 Å². The molecule has 0 atom stereocenters. The van der Waals surface area contributed by atoms with Crippen LogP contribution in [0.1, 0.15) is 39.0 Å². The Morgan fingerprint density at radius 3 is 2.66 bits per heavy atom. The Morgan fingerprint density at radius 2 is 1.97 bits per heavy atom. The number of H-pyrrole nitrogens is 1. The number of rotatable bonds is 12. The van der Waals surface area contributed by atoms with Crippen LogP contribution >= 0.6 is 0 Å². The van der Waals surface area contributed by atoms with E-state index in [1.807, 2.05) is 28.5 Å². The van der Waals surface area contributed by atoms with E-state index in [2.05, 4.69) is 20.3 Å². The molecule has 0 aromatic carbocycles. The van der Waals surface area contributed by atoms with Crippen LogP contribution in [0.5, 0.6) is 0 Å². The first-order valence-electron chi connectivity index (χ1n) is 12.2. The topological polar surface area (TPSA) is 127 Å². The van der Waals surface area contributed by atoms with E-state index < -0.39 is 11.2 Å². The minimum atomic E-state index is -0.494. The number of methoxy groups -OCH3 is 1. The van der Waals surface area contributed by atoms with E-state index in [1.54, 1.807) is 17.9 Å². The van der Waals surface area contributed by atoms with Crippen LogP contribution in [0.4, 0.5) is 5.82 Å². The first kappa shape index (κ1) is 24.6. The van der Waals surface area contributed by atoms with Gasteiger partial charge in [-0.15, -0.1) is 0 Å². The second kappa shape index (κ2) is 11.3. The molecule has 4 heterocycles. The van der Waals surface area contributed by atoms with Gasteiger partial charge in [0.2, 0.25) is 5.91 Å². The number of anilines is 1. The van der Waals surface area contributed by atoms with Gasteiger partial charge in [-0.3, -0.25) is 19.1 Å². The number of aromatic nitrogens is 5. The zero-order valence-corrected chi connectivity index (χ0v) is 20.4. The van der Waals surface area contributed by atoms with Crippen molar-refractivity contribution < 1.29 is 9.53 Å². The molecule has 1 aliphatic rings. The molecule has 0 saturated carbocycles. The Kier molecular flexibility index (Phi) is 7.96. The maximum absolute atomic E-state index is 12.6. The molecule has 3 aromatic rings. The second-order valence-electron chi connectivity index (χ2n) is 8.71. The van der Waals surface area contributed by atoms with E-state index in [0.29, 0.717) is 50.6 Å². The van der Waals surface area contributed by atoms with E-state index >= 15 is 0 Å². The van der Waals surface area contributed by atoms with Gasteiger partial charge in [0.05, 0.1) is 0 Å². The molecular weight excluding hydrogens is 450 g/mol. The number of nitrogens with one attached hydrogen (secondary N) is 2. The van der Waals surface area contributed by atoms with Gasteiger partial charge in [-0.05, 0) is 37.8 Å². The molecule has 3 aromatic heterocycles. The van der Waals surface area contributed by atoms with Crippen LogP contribution in [0.15, 0.2) is 27.9 Å². The predicted molar refractivity (Wildman–Crippen MR) is 134 cm³/mol. The summed E-state index contributed by atoms with van der Waals surface area (Å²) in [6, 6.07) is 3.79. The summed E-state index contributed by atoms with van der Waals surface area (Å²) in [5, 5.41) is 3.29. The number of fused-ring (bicyclic) bond motifs is 1. The number of aryl methyl sites for hydroxylation is 2. The van der Waals surface area contributed by atoms with Crippen molar-refractivity contribution in [3.63, 3.8) is 0 Å². The Hall–Kier alpha value is -3.47. The number of ether oxygens (including phenoxy) is 1. The maximum Gasteiger partial charge on any atom is 0.330 e. The maximum atomic E-state index is 12.6. The number of amides is 1. The van der Waals surface area contributed by atoms with Gasteiger partial charge >= 0.3 is 5.69 Å². The first-order chi connectivity index (χ1) is 17.0. The predicted octanol–water partition coefficient (Wildman–Crippen LogP) is 1.82. The second-order valence-corrected chi connectivity index (χ2v) is 8.71. The standard InChI is InChI=1S/C24H33N7O4/c1-3-11-30-21(27-20-22(33)28-24(34)31(23(20)30)14-6-15-35-2)17-8-9-18(26-16-17)25-10-5-13-29-12-4-7-19(29)32/h8-9,16H,3-7,10-15H2,1-2H3,(H,25,26)(H,28,33,34). The van der Waals surface area contributed by atoms with Gasteiger partial charge in [0.15, 0.2) is 11.2 Å². The fourth-order valence-corrected chi connectivity index (χ4v) is 4.48. The lowest BCUT2D eigenvalue weighted by Gasteiger charge is -2.15. The zero-order chi connectivity index (χ0) is 24.8. The number of imidazole rings is 1. The number of nitrogens with zero attached hydrogens (tertiary/aromatic N) is 5. The van der Waals surface area contributed by atoms with Crippen LogP contribution in [0.3, 0.4) is 0 Å². The van der Waals surface area contributed by atoms with Crippen molar-refractivity contribution in [2.75, 3.05) is 38.7 Å². The van der Waals surface area contributed by atoms with Crippen molar-refractivity contribution in [1.82, 2.24) is 29.0 Å². The van der Waals surface area contributed by atoms with Crippen LogP contribution in [-0.2, 0) is 22.6 Å². The van der Waals surface area contributed by atoms with Crippen molar-refractivity contribution in [2.24, 2.45) is 0 Å². The molecule has 0 spiro atoms. The van der Waals surface area contributed by atoms with Gasteiger partial charge in [-0.1, -0.05) is 6.92 Å². The molecule has 4 rings (SSSR count). The van der Waals surface area contributed by atoms with E-state index in [0.717, 1.165) is 43.7 Å². The van der Waals surface area contributed by atoms with Gasteiger partial charge < -0.3 is 19.5 Å². The minimum Gasteiger partial charge on any atom is -0.385 e. The summed E-state index contributed by atoms with van der Waals surface area (Å²) >= 11 is 0. The lowest BCUT2D eigenvalue weighted by molar-refractivity contribution is -0.127. The van der Waals surface area contributed by atoms with Crippen LogP contribution in [0, 0.1) is 0 Å². The normalized spacial score (nSPS) is 13.8. The van der Waals surface area contributed by atoms with Gasteiger partial charge in [0.1, 0.15) is 11.6 Å². The van der Waals surface area contributed by atoms with Gasteiger partial charge in [-0.2, -0.15) is 0 Å². The number of carbonyl (C=O) groups excluding carboxylic acids is 1. The third-order valence-corrected chi connectivity index (χ3v) is 6.16.